The Labute approximate surface area is 162 Å². The molecule has 2 aromatic rings. The molecular weight excluding hydrogens is 344 g/mol. The molecule has 27 heavy (non-hydrogen) atoms. The lowest BCUT2D eigenvalue weighted by atomic mass is 10.2. The molecule has 0 aliphatic rings. The van der Waals surface area contributed by atoms with Gasteiger partial charge in [-0.3, -0.25) is 0 Å². The van der Waals surface area contributed by atoms with Crippen LogP contribution < -0.4 is 24.3 Å². The molecule has 0 saturated carbocycles. The van der Waals surface area contributed by atoms with E-state index in [0.717, 1.165) is 36.8 Å². The Morgan fingerprint density at radius 2 is 1.41 bits per heavy atom. The van der Waals surface area contributed by atoms with Crippen LogP contribution in [0.2, 0.25) is 0 Å². The first kappa shape index (κ1) is 20.7. The minimum atomic E-state index is 0.622. The number of hydrogen-bond donors (Lipinski definition) is 1. The van der Waals surface area contributed by atoms with Crippen molar-refractivity contribution in [2.75, 3.05) is 52.9 Å². The molecular formula is C21H30N2O4. The number of rotatable bonds is 11. The zero-order valence-electron chi connectivity index (χ0n) is 16.9. The monoisotopic (exact) mass is 374 g/mol. The summed E-state index contributed by atoms with van der Waals surface area (Å²) in [5.41, 5.74) is 1.72. The molecule has 0 amide bonds. The molecule has 0 atom stereocenters. The van der Waals surface area contributed by atoms with Crippen LogP contribution in [0.15, 0.2) is 36.4 Å². The summed E-state index contributed by atoms with van der Waals surface area (Å²) >= 11 is 0. The van der Waals surface area contributed by atoms with E-state index in [2.05, 4.69) is 24.1 Å². The highest BCUT2D eigenvalue weighted by Gasteiger charge is 2.12. The molecule has 0 bridgehead atoms. The lowest BCUT2D eigenvalue weighted by Crippen LogP contribution is -2.27. The summed E-state index contributed by atoms with van der Waals surface area (Å²) in [6.45, 7) is 8.00. The second kappa shape index (κ2) is 10.5. The van der Waals surface area contributed by atoms with E-state index >= 15 is 0 Å². The van der Waals surface area contributed by atoms with E-state index < -0.39 is 0 Å². The molecule has 0 radical (unpaired) electrons. The van der Waals surface area contributed by atoms with Gasteiger partial charge in [-0.25, -0.2) is 0 Å². The minimum Gasteiger partial charge on any atom is -0.494 e. The lowest BCUT2D eigenvalue weighted by Gasteiger charge is -2.18. The SMILES string of the molecule is CCN(CC)CCOc1ccc(Nc2cc(OC)c(OC)cc2OC)cc1. The van der Waals surface area contributed by atoms with E-state index in [0.29, 0.717) is 23.9 Å². The van der Waals surface area contributed by atoms with Crippen LogP contribution in [0.3, 0.4) is 0 Å². The van der Waals surface area contributed by atoms with Gasteiger partial charge < -0.3 is 29.2 Å². The number of methoxy groups -OCH3 is 3. The van der Waals surface area contributed by atoms with Gasteiger partial charge in [0, 0.05) is 24.4 Å². The number of likely N-dealkylation sites (N-methyl/N-ethyl adjacent to an activating group) is 1. The molecule has 0 saturated heterocycles. The van der Waals surface area contributed by atoms with Crippen molar-refractivity contribution in [1.29, 1.82) is 0 Å². The molecule has 0 aromatic heterocycles. The Balaban J connectivity index is 2.03. The predicted molar refractivity (Wildman–Crippen MR) is 109 cm³/mol. The zero-order valence-corrected chi connectivity index (χ0v) is 16.9. The second-order valence-corrected chi connectivity index (χ2v) is 5.93. The highest BCUT2D eigenvalue weighted by atomic mass is 16.5. The van der Waals surface area contributed by atoms with Gasteiger partial charge in [0.1, 0.15) is 18.1 Å². The first-order valence-electron chi connectivity index (χ1n) is 9.17. The van der Waals surface area contributed by atoms with Gasteiger partial charge in [-0.15, -0.1) is 0 Å². The number of ether oxygens (including phenoxy) is 4. The Morgan fingerprint density at radius 3 is 1.96 bits per heavy atom. The van der Waals surface area contributed by atoms with E-state index in [-0.39, 0.29) is 0 Å². The summed E-state index contributed by atoms with van der Waals surface area (Å²) in [5, 5.41) is 3.34. The third-order valence-corrected chi connectivity index (χ3v) is 4.41. The molecule has 0 heterocycles. The highest BCUT2D eigenvalue weighted by molar-refractivity contribution is 5.71. The van der Waals surface area contributed by atoms with Crippen LogP contribution in [0.5, 0.6) is 23.0 Å². The topological polar surface area (TPSA) is 52.2 Å². The number of benzene rings is 2. The summed E-state index contributed by atoms with van der Waals surface area (Å²) in [6.07, 6.45) is 0. The molecule has 0 spiro atoms. The Kier molecular flexibility index (Phi) is 8.07. The minimum absolute atomic E-state index is 0.622. The molecule has 148 valence electrons. The standard InChI is InChI=1S/C21H30N2O4/c1-6-23(7-2)12-13-27-17-10-8-16(9-11-17)22-18-14-20(25-4)21(26-5)15-19(18)24-3/h8-11,14-15,22H,6-7,12-13H2,1-5H3. The molecule has 0 aliphatic carbocycles. The van der Waals surface area contributed by atoms with Gasteiger partial charge in [0.05, 0.1) is 27.0 Å². The fourth-order valence-electron chi connectivity index (χ4n) is 2.75. The van der Waals surface area contributed by atoms with Crippen molar-refractivity contribution in [2.45, 2.75) is 13.8 Å². The fourth-order valence-corrected chi connectivity index (χ4v) is 2.75. The van der Waals surface area contributed by atoms with Crippen molar-refractivity contribution in [2.24, 2.45) is 0 Å². The van der Waals surface area contributed by atoms with Crippen LogP contribution in [0.1, 0.15) is 13.8 Å². The maximum absolute atomic E-state index is 5.83. The van der Waals surface area contributed by atoms with Crippen LogP contribution in [-0.4, -0.2) is 52.5 Å². The quantitative estimate of drug-likeness (QED) is 0.637. The van der Waals surface area contributed by atoms with Crippen LogP contribution in [-0.2, 0) is 0 Å². The number of hydrogen-bond acceptors (Lipinski definition) is 6. The molecule has 0 unspecified atom stereocenters. The van der Waals surface area contributed by atoms with Gasteiger partial charge in [-0.1, -0.05) is 13.8 Å². The van der Waals surface area contributed by atoms with E-state index in [1.807, 2.05) is 30.3 Å². The highest BCUT2D eigenvalue weighted by Crippen LogP contribution is 2.39. The summed E-state index contributed by atoms with van der Waals surface area (Å²) < 4.78 is 22.0. The predicted octanol–water partition coefficient (Wildman–Crippen LogP) is 4.18. The summed E-state index contributed by atoms with van der Waals surface area (Å²) in [5.74, 6) is 2.79. The van der Waals surface area contributed by atoms with E-state index in [1.165, 1.54) is 0 Å². The maximum atomic E-state index is 5.83. The van der Waals surface area contributed by atoms with Crippen molar-refractivity contribution in [3.05, 3.63) is 36.4 Å². The van der Waals surface area contributed by atoms with E-state index in [1.54, 1.807) is 27.4 Å². The second-order valence-electron chi connectivity index (χ2n) is 5.93. The van der Waals surface area contributed by atoms with Gasteiger partial charge in [-0.05, 0) is 37.4 Å². The molecule has 0 fully saturated rings. The zero-order chi connectivity index (χ0) is 19.6. The summed E-state index contributed by atoms with van der Waals surface area (Å²) in [7, 11) is 4.83. The van der Waals surface area contributed by atoms with E-state index in [4.69, 9.17) is 18.9 Å². The van der Waals surface area contributed by atoms with Crippen molar-refractivity contribution in [3.8, 4) is 23.0 Å². The average molecular weight is 374 g/mol. The fraction of sp³-hybridized carbons (Fsp3) is 0.429. The van der Waals surface area contributed by atoms with Crippen molar-refractivity contribution < 1.29 is 18.9 Å². The number of anilines is 2. The average Bonchev–Trinajstić information content (AvgIpc) is 2.72. The smallest absolute Gasteiger partial charge is 0.164 e. The van der Waals surface area contributed by atoms with E-state index in [9.17, 15) is 0 Å². The first-order chi connectivity index (χ1) is 13.1. The molecule has 6 nitrogen and oxygen atoms in total. The Morgan fingerprint density at radius 1 is 0.815 bits per heavy atom. The van der Waals surface area contributed by atoms with Crippen molar-refractivity contribution in [3.63, 3.8) is 0 Å². The largest absolute Gasteiger partial charge is 0.494 e. The van der Waals surface area contributed by atoms with Gasteiger partial charge in [-0.2, -0.15) is 0 Å². The third-order valence-electron chi connectivity index (χ3n) is 4.41. The molecule has 6 heteroatoms. The lowest BCUT2D eigenvalue weighted by molar-refractivity contribution is 0.223. The number of nitrogens with zero attached hydrogens (tertiary/aromatic N) is 1. The summed E-state index contributed by atoms with van der Waals surface area (Å²) in [6, 6.07) is 11.5. The van der Waals surface area contributed by atoms with Crippen molar-refractivity contribution in [1.82, 2.24) is 4.90 Å². The Hall–Kier alpha value is -2.60. The summed E-state index contributed by atoms with van der Waals surface area (Å²) in [4.78, 5) is 2.33. The molecule has 2 rings (SSSR count). The van der Waals surface area contributed by atoms with Crippen LogP contribution in [0.4, 0.5) is 11.4 Å². The van der Waals surface area contributed by atoms with Crippen LogP contribution >= 0.6 is 0 Å². The molecule has 1 N–H and O–H groups in total. The number of nitrogens with one attached hydrogen (secondary N) is 1. The third kappa shape index (κ3) is 5.69. The van der Waals surface area contributed by atoms with Gasteiger partial charge in [0.2, 0.25) is 0 Å². The van der Waals surface area contributed by atoms with Gasteiger partial charge >= 0.3 is 0 Å². The molecule has 2 aromatic carbocycles. The maximum Gasteiger partial charge on any atom is 0.164 e. The van der Waals surface area contributed by atoms with Gasteiger partial charge in [0.15, 0.2) is 11.5 Å². The Bertz CT molecular complexity index is 700. The first-order valence-corrected chi connectivity index (χ1v) is 9.17. The van der Waals surface area contributed by atoms with Gasteiger partial charge in [0.25, 0.3) is 0 Å². The van der Waals surface area contributed by atoms with Crippen molar-refractivity contribution >= 4 is 11.4 Å². The molecule has 0 aliphatic heterocycles. The van der Waals surface area contributed by atoms with Crippen LogP contribution in [0.25, 0.3) is 0 Å². The normalized spacial score (nSPS) is 10.6. The van der Waals surface area contributed by atoms with Crippen LogP contribution in [0, 0.1) is 0 Å².